The molecule has 0 spiro atoms. The number of halogens is 1. The third-order valence-electron chi connectivity index (χ3n) is 3.71. The quantitative estimate of drug-likeness (QED) is 0.687. The van der Waals surface area contributed by atoms with Gasteiger partial charge in [0.15, 0.2) is 0 Å². The van der Waals surface area contributed by atoms with Gasteiger partial charge < -0.3 is 10.4 Å². The number of aliphatic hydroxyl groups excluding tert-OH is 1. The van der Waals surface area contributed by atoms with Crippen molar-refractivity contribution in [3.8, 4) is 11.3 Å². The van der Waals surface area contributed by atoms with E-state index >= 15 is 0 Å². The lowest BCUT2D eigenvalue weighted by atomic mass is 9.89. The number of hydrogen-bond donors (Lipinski definition) is 3. The van der Waals surface area contributed by atoms with E-state index in [9.17, 15) is 14.3 Å². The fraction of sp³-hybridized carbons (Fsp3) is 0.412. The highest BCUT2D eigenvalue weighted by molar-refractivity contribution is 5.93. The molecule has 2 rings (SSSR count). The van der Waals surface area contributed by atoms with Crippen LogP contribution in [-0.4, -0.2) is 34.4 Å². The van der Waals surface area contributed by atoms with Gasteiger partial charge in [-0.3, -0.25) is 9.89 Å². The average molecular weight is 319 g/mol. The molecule has 124 valence electrons. The van der Waals surface area contributed by atoms with E-state index in [4.69, 9.17) is 0 Å². The van der Waals surface area contributed by atoms with Crippen LogP contribution in [-0.2, 0) is 0 Å². The molecule has 5 nitrogen and oxygen atoms in total. The molecule has 0 aliphatic rings. The Bertz CT molecular complexity index is 650. The van der Waals surface area contributed by atoms with Gasteiger partial charge in [-0.2, -0.15) is 5.10 Å². The minimum Gasteiger partial charge on any atom is -0.396 e. The Morgan fingerprint density at radius 3 is 2.70 bits per heavy atom. The standard InChI is InChI=1S/C17H22FN3O2/c1-17(2,11-22)8-3-9-19-16(23)15-10-14(20-21-15)12-4-6-13(18)7-5-12/h4-7,10,22H,3,8-9,11H2,1-2H3,(H,19,23)(H,20,21). The maximum atomic E-state index is 12.9. The zero-order valence-electron chi connectivity index (χ0n) is 13.4. The van der Waals surface area contributed by atoms with Gasteiger partial charge in [0.05, 0.1) is 5.69 Å². The Morgan fingerprint density at radius 2 is 2.04 bits per heavy atom. The van der Waals surface area contributed by atoms with E-state index in [0.717, 1.165) is 18.4 Å². The first-order valence-electron chi connectivity index (χ1n) is 7.62. The molecule has 0 bridgehead atoms. The predicted octanol–water partition coefficient (Wildman–Crippen LogP) is 2.74. The molecule has 0 unspecified atom stereocenters. The second-order valence-electron chi connectivity index (χ2n) is 6.36. The van der Waals surface area contributed by atoms with Crippen molar-refractivity contribution in [1.82, 2.24) is 15.5 Å². The van der Waals surface area contributed by atoms with Gasteiger partial charge in [-0.1, -0.05) is 13.8 Å². The summed E-state index contributed by atoms with van der Waals surface area (Å²) in [5.74, 6) is -0.541. The highest BCUT2D eigenvalue weighted by Gasteiger charge is 2.16. The molecule has 3 N–H and O–H groups in total. The first kappa shape index (κ1) is 17.1. The zero-order chi connectivity index (χ0) is 16.9. The molecule has 0 saturated carbocycles. The molecule has 1 heterocycles. The SMILES string of the molecule is CC(C)(CO)CCCNC(=O)c1cc(-c2ccc(F)cc2)n[nH]1. The lowest BCUT2D eigenvalue weighted by molar-refractivity contribution is 0.0943. The van der Waals surface area contributed by atoms with Gasteiger partial charge in [-0.25, -0.2) is 4.39 Å². The Hall–Kier alpha value is -2.21. The highest BCUT2D eigenvalue weighted by Crippen LogP contribution is 2.20. The minimum absolute atomic E-state index is 0.128. The van der Waals surface area contributed by atoms with Gasteiger partial charge in [0.1, 0.15) is 11.5 Å². The Morgan fingerprint density at radius 1 is 1.35 bits per heavy atom. The number of benzene rings is 1. The number of nitrogens with one attached hydrogen (secondary N) is 2. The summed E-state index contributed by atoms with van der Waals surface area (Å²) in [6.07, 6.45) is 1.62. The van der Waals surface area contributed by atoms with Gasteiger partial charge in [-0.15, -0.1) is 0 Å². The second kappa shape index (κ2) is 7.37. The number of aromatic amines is 1. The van der Waals surface area contributed by atoms with Crippen LogP contribution in [0.25, 0.3) is 11.3 Å². The molecule has 0 atom stereocenters. The fourth-order valence-electron chi connectivity index (χ4n) is 2.15. The molecule has 23 heavy (non-hydrogen) atoms. The second-order valence-corrected chi connectivity index (χ2v) is 6.36. The molecule has 0 aliphatic carbocycles. The fourth-order valence-corrected chi connectivity index (χ4v) is 2.15. The number of hydrogen-bond acceptors (Lipinski definition) is 3. The monoisotopic (exact) mass is 319 g/mol. The summed E-state index contributed by atoms with van der Waals surface area (Å²) < 4.78 is 12.9. The van der Waals surface area contributed by atoms with Crippen molar-refractivity contribution in [3.63, 3.8) is 0 Å². The van der Waals surface area contributed by atoms with Crippen molar-refractivity contribution >= 4 is 5.91 Å². The Balaban J connectivity index is 1.88. The number of aromatic nitrogens is 2. The largest absolute Gasteiger partial charge is 0.396 e. The third kappa shape index (κ3) is 4.89. The number of H-pyrrole nitrogens is 1. The van der Waals surface area contributed by atoms with Gasteiger partial charge >= 0.3 is 0 Å². The maximum absolute atomic E-state index is 12.9. The number of aliphatic hydroxyl groups is 1. The van der Waals surface area contributed by atoms with E-state index in [1.165, 1.54) is 12.1 Å². The molecule has 0 aliphatic heterocycles. The van der Waals surface area contributed by atoms with Gasteiger partial charge in [0.25, 0.3) is 5.91 Å². The molecule has 6 heteroatoms. The first-order valence-corrected chi connectivity index (χ1v) is 7.62. The van der Waals surface area contributed by atoms with Crippen molar-refractivity contribution in [1.29, 1.82) is 0 Å². The van der Waals surface area contributed by atoms with Crippen LogP contribution in [0, 0.1) is 11.2 Å². The lowest BCUT2D eigenvalue weighted by Gasteiger charge is -2.21. The summed E-state index contributed by atoms with van der Waals surface area (Å²) in [6, 6.07) is 7.58. The summed E-state index contributed by atoms with van der Waals surface area (Å²) in [5.41, 5.74) is 1.57. The van der Waals surface area contributed by atoms with Crippen LogP contribution in [0.3, 0.4) is 0 Å². The molecule has 0 saturated heterocycles. The van der Waals surface area contributed by atoms with E-state index in [2.05, 4.69) is 15.5 Å². The van der Waals surface area contributed by atoms with Gasteiger partial charge in [0, 0.05) is 18.7 Å². The van der Waals surface area contributed by atoms with Crippen molar-refractivity contribution in [3.05, 3.63) is 41.8 Å². The smallest absolute Gasteiger partial charge is 0.269 e. The van der Waals surface area contributed by atoms with Crippen molar-refractivity contribution in [2.75, 3.05) is 13.2 Å². The normalized spacial score (nSPS) is 11.5. The maximum Gasteiger partial charge on any atom is 0.269 e. The molecule has 1 aromatic heterocycles. The van der Waals surface area contributed by atoms with Gasteiger partial charge in [0.2, 0.25) is 0 Å². The van der Waals surface area contributed by atoms with Crippen molar-refractivity contribution < 1.29 is 14.3 Å². The summed E-state index contributed by atoms with van der Waals surface area (Å²) >= 11 is 0. The van der Waals surface area contributed by atoms with Crippen molar-refractivity contribution in [2.24, 2.45) is 5.41 Å². The van der Waals surface area contributed by atoms with Crippen LogP contribution in [0.15, 0.2) is 30.3 Å². The number of carbonyl (C=O) groups excluding carboxylic acids is 1. The predicted molar refractivity (Wildman–Crippen MR) is 86.4 cm³/mol. The molecule has 0 radical (unpaired) electrons. The molecular formula is C17H22FN3O2. The molecule has 2 aromatic rings. The Labute approximate surface area is 134 Å². The summed E-state index contributed by atoms with van der Waals surface area (Å²) in [7, 11) is 0. The lowest BCUT2D eigenvalue weighted by Crippen LogP contribution is -2.26. The van der Waals surface area contributed by atoms with Gasteiger partial charge in [-0.05, 0) is 48.6 Å². The van der Waals surface area contributed by atoms with E-state index in [1.54, 1.807) is 18.2 Å². The van der Waals surface area contributed by atoms with Crippen LogP contribution in [0.2, 0.25) is 0 Å². The summed E-state index contributed by atoms with van der Waals surface area (Å²) in [5, 5.41) is 18.8. The first-order chi connectivity index (χ1) is 10.9. The Kier molecular flexibility index (Phi) is 5.50. The molecule has 0 fully saturated rings. The summed E-state index contributed by atoms with van der Waals surface area (Å²) in [4.78, 5) is 12.0. The number of rotatable bonds is 7. The number of amides is 1. The van der Waals surface area contributed by atoms with E-state index in [1.807, 2.05) is 13.8 Å². The van der Waals surface area contributed by atoms with E-state index in [0.29, 0.717) is 17.9 Å². The van der Waals surface area contributed by atoms with E-state index < -0.39 is 0 Å². The van der Waals surface area contributed by atoms with Crippen LogP contribution in [0.4, 0.5) is 4.39 Å². The van der Waals surface area contributed by atoms with Crippen LogP contribution in [0.5, 0.6) is 0 Å². The van der Waals surface area contributed by atoms with Crippen molar-refractivity contribution in [2.45, 2.75) is 26.7 Å². The summed E-state index contributed by atoms with van der Waals surface area (Å²) in [6.45, 7) is 4.63. The highest BCUT2D eigenvalue weighted by atomic mass is 19.1. The zero-order valence-corrected chi connectivity index (χ0v) is 13.4. The van der Waals surface area contributed by atoms with Crippen LogP contribution >= 0.6 is 0 Å². The molecule has 1 amide bonds. The van der Waals surface area contributed by atoms with Crippen LogP contribution < -0.4 is 5.32 Å². The average Bonchev–Trinajstić information content (AvgIpc) is 3.02. The molecule has 1 aromatic carbocycles. The topological polar surface area (TPSA) is 78.0 Å². The van der Waals surface area contributed by atoms with E-state index in [-0.39, 0.29) is 23.7 Å². The van der Waals surface area contributed by atoms with Crippen LogP contribution in [0.1, 0.15) is 37.2 Å². The number of nitrogens with zero attached hydrogens (tertiary/aromatic N) is 1. The molecular weight excluding hydrogens is 297 g/mol. The number of carbonyl (C=O) groups is 1. The third-order valence-corrected chi connectivity index (χ3v) is 3.71. The minimum atomic E-state index is -0.312.